The van der Waals surface area contributed by atoms with Crippen molar-refractivity contribution >= 4 is 16.4 Å². The molecule has 2 heterocycles. The summed E-state index contributed by atoms with van der Waals surface area (Å²) in [5.41, 5.74) is 0.877. The molecule has 0 bridgehead atoms. The first-order valence-corrected chi connectivity index (χ1v) is 10.5. The monoisotopic (exact) mass is 382 g/mol. The molecule has 26 heavy (non-hydrogen) atoms. The van der Waals surface area contributed by atoms with Gasteiger partial charge in [-0.25, -0.2) is 8.42 Å². The molecule has 1 amide bonds. The number of fused-ring (bicyclic) bond motifs is 1. The first-order chi connectivity index (χ1) is 12.3. The van der Waals surface area contributed by atoms with Crippen molar-refractivity contribution in [1.82, 2.24) is 9.21 Å². The van der Waals surface area contributed by atoms with Crippen molar-refractivity contribution in [2.45, 2.75) is 32.3 Å². The highest BCUT2D eigenvalue weighted by molar-refractivity contribution is 7.89. The summed E-state index contributed by atoms with van der Waals surface area (Å²) < 4.78 is 38.0. The van der Waals surface area contributed by atoms with Crippen LogP contribution in [-0.4, -0.2) is 68.2 Å². The summed E-state index contributed by atoms with van der Waals surface area (Å²) in [6.07, 6.45) is 2.00. The molecule has 2 aliphatic heterocycles. The number of para-hydroxylation sites is 1. The van der Waals surface area contributed by atoms with Crippen molar-refractivity contribution in [2.75, 3.05) is 38.5 Å². The second-order valence-corrected chi connectivity index (χ2v) is 9.43. The smallest absolute Gasteiger partial charge is 0.214 e. The maximum atomic E-state index is 12.4. The molecule has 0 saturated carbocycles. The maximum absolute atomic E-state index is 12.4. The van der Waals surface area contributed by atoms with Crippen LogP contribution in [0.15, 0.2) is 18.2 Å². The number of sulfonamides is 1. The fraction of sp³-hybridized carbons (Fsp3) is 0.611. The van der Waals surface area contributed by atoms with Gasteiger partial charge in [0.15, 0.2) is 11.5 Å². The second kappa shape index (κ2) is 7.44. The second-order valence-electron chi connectivity index (χ2n) is 7.34. The summed E-state index contributed by atoms with van der Waals surface area (Å²) in [6, 6.07) is 5.82. The Bertz CT molecular complexity index is 755. The van der Waals surface area contributed by atoms with Gasteiger partial charge < -0.3 is 14.4 Å². The van der Waals surface area contributed by atoms with E-state index in [9.17, 15) is 13.2 Å². The molecule has 0 atom stereocenters. The average Bonchev–Trinajstić information content (AvgIpc) is 2.93. The van der Waals surface area contributed by atoms with Gasteiger partial charge in [-0.1, -0.05) is 12.1 Å². The number of benzene rings is 1. The standard InChI is InChI=1S/C18H26N2O5S/c1-18(2)13-15-5-3-6-16(17(15)25-18)24-11-4-12-26(22,23)20-9-7-19(14-21)8-10-20/h3,5-6,14H,4,7-13H2,1-2H3. The minimum atomic E-state index is -3.32. The molecule has 0 N–H and O–H groups in total. The van der Waals surface area contributed by atoms with E-state index in [4.69, 9.17) is 9.47 Å². The minimum absolute atomic E-state index is 0.0372. The number of hydrogen-bond acceptors (Lipinski definition) is 5. The van der Waals surface area contributed by atoms with Crippen LogP contribution in [0.1, 0.15) is 25.8 Å². The Balaban J connectivity index is 1.49. The summed E-state index contributed by atoms with van der Waals surface area (Å²) in [5, 5.41) is 0. The van der Waals surface area contributed by atoms with Gasteiger partial charge in [0.25, 0.3) is 0 Å². The fourth-order valence-electron chi connectivity index (χ4n) is 3.34. The van der Waals surface area contributed by atoms with Gasteiger partial charge in [0.1, 0.15) is 5.60 Å². The van der Waals surface area contributed by atoms with Gasteiger partial charge in [-0.05, 0) is 26.3 Å². The van der Waals surface area contributed by atoms with E-state index in [0.29, 0.717) is 45.0 Å². The predicted molar refractivity (Wildman–Crippen MR) is 98.0 cm³/mol. The molecular weight excluding hydrogens is 356 g/mol. The molecule has 7 nitrogen and oxygen atoms in total. The third kappa shape index (κ3) is 4.29. The zero-order valence-corrected chi connectivity index (χ0v) is 16.1. The van der Waals surface area contributed by atoms with Gasteiger partial charge in [-0.15, -0.1) is 0 Å². The Labute approximate surface area is 154 Å². The van der Waals surface area contributed by atoms with Crippen LogP contribution in [0.2, 0.25) is 0 Å². The molecule has 1 aromatic rings. The molecule has 1 aromatic carbocycles. The number of nitrogens with zero attached hydrogens (tertiary/aromatic N) is 2. The average molecular weight is 382 g/mol. The number of piperazine rings is 1. The van der Waals surface area contributed by atoms with Gasteiger partial charge in [0.2, 0.25) is 16.4 Å². The summed E-state index contributed by atoms with van der Waals surface area (Å²) in [6.45, 7) is 5.99. The Hall–Kier alpha value is -1.80. The molecule has 144 valence electrons. The zero-order chi connectivity index (χ0) is 18.8. The van der Waals surface area contributed by atoms with E-state index in [0.717, 1.165) is 24.1 Å². The molecule has 0 spiro atoms. The Morgan fingerprint density at radius 3 is 2.65 bits per heavy atom. The molecule has 3 rings (SSSR count). The molecule has 0 unspecified atom stereocenters. The number of carbonyl (C=O) groups excluding carboxylic acids is 1. The van der Waals surface area contributed by atoms with Crippen molar-refractivity contribution in [3.8, 4) is 11.5 Å². The number of rotatable bonds is 7. The summed E-state index contributed by atoms with van der Waals surface area (Å²) in [4.78, 5) is 12.3. The minimum Gasteiger partial charge on any atom is -0.490 e. The molecule has 0 aromatic heterocycles. The largest absolute Gasteiger partial charge is 0.490 e. The molecule has 1 fully saturated rings. The Morgan fingerprint density at radius 1 is 1.23 bits per heavy atom. The van der Waals surface area contributed by atoms with Crippen molar-refractivity contribution in [1.29, 1.82) is 0 Å². The number of hydrogen-bond donors (Lipinski definition) is 0. The lowest BCUT2D eigenvalue weighted by atomic mass is 10.0. The third-order valence-corrected chi connectivity index (χ3v) is 6.63. The predicted octanol–water partition coefficient (Wildman–Crippen LogP) is 1.27. The molecule has 8 heteroatoms. The highest BCUT2D eigenvalue weighted by Crippen LogP contribution is 2.41. The van der Waals surface area contributed by atoms with Crippen LogP contribution in [0.5, 0.6) is 11.5 Å². The molecule has 1 saturated heterocycles. The lowest BCUT2D eigenvalue weighted by Crippen LogP contribution is -2.48. The highest BCUT2D eigenvalue weighted by atomic mass is 32.2. The van der Waals surface area contributed by atoms with Gasteiger partial charge in [-0.3, -0.25) is 4.79 Å². The normalized spacial score (nSPS) is 19.7. The summed E-state index contributed by atoms with van der Waals surface area (Å²) in [5.74, 6) is 1.48. The Kier molecular flexibility index (Phi) is 5.43. The van der Waals surface area contributed by atoms with Crippen LogP contribution in [0.25, 0.3) is 0 Å². The lowest BCUT2D eigenvalue weighted by molar-refractivity contribution is -0.119. The van der Waals surface area contributed by atoms with Gasteiger partial charge in [0, 0.05) is 38.2 Å². The highest BCUT2D eigenvalue weighted by Gasteiger charge is 2.32. The van der Waals surface area contributed by atoms with Gasteiger partial charge >= 0.3 is 0 Å². The van der Waals surface area contributed by atoms with E-state index < -0.39 is 10.0 Å². The van der Waals surface area contributed by atoms with Gasteiger partial charge in [0.05, 0.1) is 12.4 Å². The van der Waals surface area contributed by atoms with Crippen molar-refractivity contribution < 1.29 is 22.7 Å². The van der Waals surface area contributed by atoms with Crippen LogP contribution >= 0.6 is 0 Å². The van der Waals surface area contributed by atoms with E-state index in [-0.39, 0.29) is 11.4 Å². The number of carbonyl (C=O) groups is 1. The van der Waals surface area contributed by atoms with Gasteiger partial charge in [-0.2, -0.15) is 4.31 Å². The first kappa shape index (κ1) is 19.0. The number of amides is 1. The van der Waals surface area contributed by atoms with E-state index in [2.05, 4.69) is 0 Å². The third-order valence-electron chi connectivity index (χ3n) is 4.67. The molecule has 2 aliphatic rings. The molecule has 0 radical (unpaired) electrons. The van der Waals surface area contributed by atoms with Crippen LogP contribution in [0, 0.1) is 0 Å². The van der Waals surface area contributed by atoms with Crippen molar-refractivity contribution in [2.24, 2.45) is 0 Å². The van der Waals surface area contributed by atoms with Crippen LogP contribution < -0.4 is 9.47 Å². The molecule has 0 aliphatic carbocycles. The Morgan fingerprint density at radius 2 is 1.96 bits per heavy atom. The van der Waals surface area contributed by atoms with Crippen molar-refractivity contribution in [3.63, 3.8) is 0 Å². The quantitative estimate of drug-likeness (QED) is 0.524. The van der Waals surface area contributed by atoms with E-state index in [1.807, 2.05) is 32.0 Å². The number of ether oxygens (including phenoxy) is 2. The van der Waals surface area contributed by atoms with E-state index >= 15 is 0 Å². The van der Waals surface area contributed by atoms with Crippen LogP contribution in [0.3, 0.4) is 0 Å². The first-order valence-electron chi connectivity index (χ1n) is 8.92. The van der Waals surface area contributed by atoms with E-state index in [1.165, 1.54) is 4.31 Å². The zero-order valence-electron chi connectivity index (χ0n) is 15.3. The van der Waals surface area contributed by atoms with Crippen LogP contribution in [0.4, 0.5) is 0 Å². The topological polar surface area (TPSA) is 76.2 Å². The SMILES string of the molecule is CC1(C)Cc2cccc(OCCCS(=O)(=O)N3CCN(C=O)CC3)c2O1. The maximum Gasteiger partial charge on any atom is 0.214 e. The summed E-state index contributed by atoms with van der Waals surface area (Å²) >= 11 is 0. The lowest BCUT2D eigenvalue weighted by Gasteiger charge is -2.31. The summed E-state index contributed by atoms with van der Waals surface area (Å²) in [7, 11) is -3.32. The fourth-order valence-corrected chi connectivity index (χ4v) is 4.80. The van der Waals surface area contributed by atoms with E-state index in [1.54, 1.807) is 4.90 Å². The van der Waals surface area contributed by atoms with Crippen molar-refractivity contribution in [3.05, 3.63) is 23.8 Å². The van der Waals surface area contributed by atoms with Crippen LogP contribution in [-0.2, 0) is 21.2 Å². The molecular formula is C18H26N2O5S.